The minimum Gasteiger partial charge on any atom is -0.492 e. The van der Waals surface area contributed by atoms with Crippen LogP contribution in [0.25, 0.3) is 0 Å². The van der Waals surface area contributed by atoms with Crippen LogP contribution in [-0.4, -0.2) is 60.0 Å². The molecule has 1 aromatic rings. The summed E-state index contributed by atoms with van der Waals surface area (Å²) in [6.45, 7) is 8.26. The molecule has 1 aliphatic heterocycles. The van der Waals surface area contributed by atoms with Gasteiger partial charge in [-0.3, -0.25) is 9.69 Å². The fourth-order valence-electron chi connectivity index (χ4n) is 2.99. The van der Waals surface area contributed by atoms with Gasteiger partial charge in [0.05, 0.1) is 6.42 Å². The van der Waals surface area contributed by atoms with Gasteiger partial charge in [-0.25, -0.2) is 9.18 Å². The van der Waals surface area contributed by atoms with Gasteiger partial charge in [0.2, 0.25) is 0 Å². The second-order valence-corrected chi connectivity index (χ2v) is 7.93. The molecule has 0 radical (unpaired) electrons. The van der Waals surface area contributed by atoms with Crippen LogP contribution >= 0.6 is 0 Å². The number of hydrogen-bond acceptors (Lipinski definition) is 5. The topological polar surface area (TPSA) is 88.1 Å². The molecule has 0 unspecified atom stereocenters. The largest absolute Gasteiger partial charge is 0.492 e. The van der Waals surface area contributed by atoms with E-state index in [1.807, 2.05) is 20.8 Å². The Morgan fingerprint density at radius 1 is 1.29 bits per heavy atom. The zero-order chi connectivity index (χ0) is 20.7. The standard InChI is InChI=1S/C20H29FN2O5/c1-20(2,3)28-19(26)22-15-6-8-23(9-7-15)10-11-27-16-5-4-14(12-18(24)25)17(21)13-16/h4-5,13,15H,6-12H2,1-3H3,(H,22,26)(H,24,25). The molecule has 0 spiro atoms. The first-order valence-corrected chi connectivity index (χ1v) is 9.47. The van der Waals surface area contributed by atoms with E-state index < -0.39 is 17.4 Å². The maximum atomic E-state index is 13.8. The zero-order valence-electron chi connectivity index (χ0n) is 16.7. The van der Waals surface area contributed by atoms with Crippen molar-refractivity contribution in [1.82, 2.24) is 10.2 Å². The number of nitrogens with zero attached hydrogens (tertiary/aromatic N) is 1. The highest BCUT2D eigenvalue weighted by molar-refractivity contribution is 5.70. The summed E-state index contributed by atoms with van der Waals surface area (Å²) < 4.78 is 24.7. The van der Waals surface area contributed by atoms with Crippen molar-refractivity contribution in [2.45, 2.75) is 51.7 Å². The number of carboxylic acid groups (broad SMARTS) is 1. The first-order valence-electron chi connectivity index (χ1n) is 9.47. The van der Waals surface area contributed by atoms with E-state index >= 15 is 0 Å². The van der Waals surface area contributed by atoms with Crippen LogP contribution < -0.4 is 10.1 Å². The van der Waals surface area contributed by atoms with Crippen molar-refractivity contribution < 1.29 is 28.6 Å². The normalized spacial score (nSPS) is 15.9. The zero-order valence-corrected chi connectivity index (χ0v) is 16.7. The Balaban J connectivity index is 1.68. The molecule has 156 valence electrons. The second-order valence-electron chi connectivity index (χ2n) is 7.93. The third kappa shape index (κ3) is 7.72. The van der Waals surface area contributed by atoms with Gasteiger partial charge >= 0.3 is 12.1 Å². The number of nitrogens with one attached hydrogen (secondary N) is 1. The van der Waals surface area contributed by atoms with Crippen LogP contribution in [0.4, 0.5) is 9.18 Å². The smallest absolute Gasteiger partial charge is 0.407 e. The van der Waals surface area contributed by atoms with E-state index in [2.05, 4.69) is 10.2 Å². The summed E-state index contributed by atoms with van der Waals surface area (Å²) >= 11 is 0. The molecule has 1 amide bonds. The maximum absolute atomic E-state index is 13.8. The lowest BCUT2D eigenvalue weighted by Crippen LogP contribution is -2.46. The SMILES string of the molecule is CC(C)(C)OC(=O)NC1CCN(CCOc2ccc(CC(=O)O)c(F)c2)CC1. The minimum atomic E-state index is -1.07. The summed E-state index contributed by atoms with van der Waals surface area (Å²) in [4.78, 5) is 24.7. The van der Waals surface area contributed by atoms with Crippen LogP contribution in [0, 0.1) is 5.82 Å². The van der Waals surface area contributed by atoms with Gasteiger partial charge in [0.25, 0.3) is 0 Å². The molecular weight excluding hydrogens is 367 g/mol. The molecule has 1 aromatic carbocycles. The number of rotatable bonds is 7. The summed E-state index contributed by atoms with van der Waals surface area (Å²) in [6, 6.07) is 4.34. The van der Waals surface area contributed by atoms with E-state index in [-0.39, 0.29) is 24.1 Å². The Morgan fingerprint density at radius 2 is 1.96 bits per heavy atom. The van der Waals surface area contributed by atoms with E-state index in [0.717, 1.165) is 25.9 Å². The summed E-state index contributed by atoms with van der Waals surface area (Å²) in [5.74, 6) is -1.26. The maximum Gasteiger partial charge on any atom is 0.407 e. The molecule has 0 saturated carbocycles. The number of likely N-dealkylation sites (tertiary alicyclic amines) is 1. The molecule has 8 heteroatoms. The van der Waals surface area contributed by atoms with Gasteiger partial charge in [-0.05, 0) is 45.2 Å². The number of carbonyl (C=O) groups is 2. The molecule has 1 fully saturated rings. The van der Waals surface area contributed by atoms with Crippen molar-refractivity contribution in [3.8, 4) is 5.75 Å². The average Bonchev–Trinajstić information content (AvgIpc) is 2.57. The number of amides is 1. The second kappa shape index (κ2) is 9.73. The van der Waals surface area contributed by atoms with E-state index in [9.17, 15) is 14.0 Å². The van der Waals surface area contributed by atoms with Crippen molar-refractivity contribution in [3.05, 3.63) is 29.6 Å². The first-order chi connectivity index (χ1) is 13.1. The lowest BCUT2D eigenvalue weighted by atomic mass is 10.1. The Bertz CT molecular complexity index is 682. The van der Waals surface area contributed by atoms with Crippen LogP contribution in [0.15, 0.2) is 18.2 Å². The molecule has 1 aliphatic rings. The number of benzene rings is 1. The van der Waals surface area contributed by atoms with Crippen molar-refractivity contribution in [3.63, 3.8) is 0 Å². The molecule has 2 N–H and O–H groups in total. The number of carboxylic acids is 1. The van der Waals surface area contributed by atoms with Gasteiger partial charge in [0, 0.05) is 31.7 Å². The van der Waals surface area contributed by atoms with Crippen molar-refractivity contribution in [2.24, 2.45) is 0 Å². The van der Waals surface area contributed by atoms with E-state index in [1.54, 1.807) is 6.07 Å². The fourth-order valence-corrected chi connectivity index (χ4v) is 2.99. The number of halogens is 1. The number of alkyl carbamates (subject to hydrolysis) is 1. The fraction of sp³-hybridized carbons (Fsp3) is 0.600. The summed E-state index contributed by atoms with van der Waals surface area (Å²) in [5.41, 5.74) is -0.368. The van der Waals surface area contributed by atoms with Gasteiger partial charge in [-0.1, -0.05) is 6.07 Å². The van der Waals surface area contributed by atoms with Gasteiger partial charge in [-0.2, -0.15) is 0 Å². The summed E-state index contributed by atoms with van der Waals surface area (Å²) in [5, 5.41) is 11.6. The summed E-state index contributed by atoms with van der Waals surface area (Å²) in [7, 11) is 0. The number of carbonyl (C=O) groups excluding carboxylic acids is 1. The Labute approximate surface area is 164 Å². The highest BCUT2D eigenvalue weighted by Gasteiger charge is 2.23. The number of ether oxygens (including phenoxy) is 2. The Kier molecular flexibility index (Phi) is 7.62. The predicted octanol–water partition coefficient (Wildman–Crippen LogP) is 2.82. The minimum absolute atomic E-state index is 0.0999. The predicted molar refractivity (Wildman–Crippen MR) is 102 cm³/mol. The number of aliphatic carboxylic acids is 1. The van der Waals surface area contributed by atoms with E-state index in [0.29, 0.717) is 18.9 Å². The molecule has 7 nitrogen and oxygen atoms in total. The van der Waals surface area contributed by atoms with Crippen LogP contribution in [0.5, 0.6) is 5.75 Å². The third-order valence-electron chi connectivity index (χ3n) is 4.35. The lowest BCUT2D eigenvalue weighted by Gasteiger charge is -2.32. The van der Waals surface area contributed by atoms with Gasteiger partial charge in [-0.15, -0.1) is 0 Å². The van der Waals surface area contributed by atoms with Crippen LogP contribution in [0.1, 0.15) is 39.2 Å². The molecule has 0 atom stereocenters. The first kappa shape index (κ1) is 21.9. The molecule has 0 bridgehead atoms. The Morgan fingerprint density at radius 3 is 2.54 bits per heavy atom. The lowest BCUT2D eigenvalue weighted by molar-refractivity contribution is -0.136. The van der Waals surface area contributed by atoms with Gasteiger partial charge in [0.1, 0.15) is 23.8 Å². The highest BCUT2D eigenvalue weighted by atomic mass is 19.1. The molecule has 0 aromatic heterocycles. The van der Waals surface area contributed by atoms with Gasteiger partial charge in [0.15, 0.2) is 0 Å². The monoisotopic (exact) mass is 396 g/mol. The van der Waals surface area contributed by atoms with Crippen LogP contribution in [0.2, 0.25) is 0 Å². The summed E-state index contributed by atoms with van der Waals surface area (Å²) in [6.07, 6.45) is 0.927. The molecule has 2 rings (SSSR count). The molecule has 1 saturated heterocycles. The number of hydrogen-bond donors (Lipinski definition) is 2. The van der Waals surface area contributed by atoms with E-state index in [4.69, 9.17) is 14.6 Å². The molecule has 1 heterocycles. The molecular formula is C20H29FN2O5. The van der Waals surface area contributed by atoms with Crippen LogP contribution in [0.3, 0.4) is 0 Å². The van der Waals surface area contributed by atoms with E-state index in [1.165, 1.54) is 12.1 Å². The molecule has 28 heavy (non-hydrogen) atoms. The van der Waals surface area contributed by atoms with Crippen molar-refractivity contribution in [1.29, 1.82) is 0 Å². The van der Waals surface area contributed by atoms with Gasteiger partial charge < -0.3 is 19.9 Å². The van der Waals surface area contributed by atoms with Crippen molar-refractivity contribution >= 4 is 12.1 Å². The molecule has 0 aliphatic carbocycles. The van der Waals surface area contributed by atoms with Crippen molar-refractivity contribution in [2.75, 3.05) is 26.2 Å². The number of piperidine rings is 1. The average molecular weight is 396 g/mol. The highest BCUT2D eigenvalue weighted by Crippen LogP contribution is 2.18. The van der Waals surface area contributed by atoms with Crippen LogP contribution in [-0.2, 0) is 16.0 Å². The Hall–Kier alpha value is -2.35. The quantitative estimate of drug-likeness (QED) is 0.737. The third-order valence-corrected chi connectivity index (χ3v) is 4.35.